The van der Waals surface area contributed by atoms with Crippen molar-refractivity contribution in [2.75, 3.05) is 35.4 Å². The summed E-state index contributed by atoms with van der Waals surface area (Å²) in [5.74, 6) is -0.224. The number of aryl methyl sites for hydroxylation is 1. The van der Waals surface area contributed by atoms with E-state index in [-0.39, 0.29) is 35.2 Å². The number of carbonyl (C=O) groups is 3. The van der Waals surface area contributed by atoms with Gasteiger partial charge >= 0.3 is 5.97 Å². The van der Waals surface area contributed by atoms with Gasteiger partial charge in [-0.25, -0.2) is 0 Å². The van der Waals surface area contributed by atoms with E-state index in [4.69, 9.17) is 9.26 Å². The SMILES string of the molecule is Cc1cc(NC(=O)CSCC(=O)OCC(=O)/C=C2\N(C)c3ccccc3C2(C)C)no1. The number of aromatic nitrogens is 1. The van der Waals surface area contributed by atoms with E-state index >= 15 is 0 Å². The van der Waals surface area contributed by atoms with Gasteiger partial charge in [0, 0.05) is 36.0 Å². The van der Waals surface area contributed by atoms with Crippen molar-refractivity contribution in [3.63, 3.8) is 0 Å². The largest absolute Gasteiger partial charge is 0.457 e. The molecule has 0 saturated carbocycles. The van der Waals surface area contributed by atoms with Gasteiger partial charge in [-0.15, -0.1) is 11.8 Å². The van der Waals surface area contributed by atoms with Gasteiger partial charge in [-0.3, -0.25) is 14.4 Å². The molecule has 1 aliphatic rings. The molecule has 164 valence electrons. The number of hydrogen-bond acceptors (Lipinski definition) is 8. The summed E-state index contributed by atoms with van der Waals surface area (Å²) in [4.78, 5) is 38.1. The Bertz CT molecular complexity index is 1030. The lowest BCUT2D eigenvalue weighted by atomic mass is 9.83. The van der Waals surface area contributed by atoms with Gasteiger partial charge in [-0.2, -0.15) is 0 Å². The maximum Gasteiger partial charge on any atom is 0.316 e. The number of anilines is 2. The molecule has 3 rings (SSSR count). The molecule has 0 aliphatic carbocycles. The first-order valence-corrected chi connectivity index (χ1v) is 10.9. The molecular formula is C22H25N3O5S. The van der Waals surface area contributed by atoms with E-state index in [2.05, 4.69) is 24.3 Å². The number of amides is 1. The molecule has 0 radical (unpaired) electrons. The topological polar surface area (TPSA) is 102 Å². The summed E-state index contributed by atoms with van der Waals surface area (Å²) in [5, 5.41) is 6.23. The average molecular weight is 444 g/mol. The smallest absolute Gasteiger partial charge is 0.316 e. The predicted molar refractivity (Wildman–Crippen MR) is 119 cm³/mol. The third-order valence-corrected chi connectivity index (χ3v) is 5.87. The summed E-state index contributed by atoms with van der Waals surface area (Å²) < 4.78 is 9.93. The Balaban J connectivity index is 1.44. The Morgan fingerprint density at radius 3 is 2.68 bits per heavy atom. The first kappa shape index (κ1) is 22.6. The van der Waals surface area contributed by atoms with Gasteiger partial charge in [0.15, 0.2) is 18.2 Å². The Hall–Kier alpha value is -3.07. The van der Waals surface area contributed by atoms with Crippen LogP contribution in [0.15, 0.2) is 46.6 Å². The molecule has 0 bridgehead atoms. The summed E-state index contributed by atoms with van der Waals surface area (Å²) in [6, 6.07) is 9.60. The molecule has 0 saturated heterocycles. The maximum atomic E-state index is 12.4. The lowest BCUT2D eigenvalue weighted by molar-refractivity contribution is -0.144. The number of rotatable bonds is 8. The van der Waals surface area contributed by atoms with E-state index in [1.165, 1.54) is 6.08 Å². The molecule has 1 N–H and O–H groups in total. The fourth-order valence-corrected chi connectivity index (χ4v) is 4.09. The van der Waals surface area contributed by atoms with Crippen molar-refractivity contribution in [3.8, 4) is 0 Å². The predicted octanol–water partition coefficient (Wildman–Crippen LogP) is 3.08. The zero-order valence-electron chi connectivity index (χ0n) is 17.9. The standard InChI is InChI=1S/C22H25N3O5S/c1-14-9-19(24-30-14)23-20(27)12-31-13-21(28)29-11-15(26)10-18-22(2,3)16-7-5-6-8-17(16)25(18)4/h5-10H,11-13H2,1-4H3,(H,23,24,27)/b18-10-. The van der Waals surface area contributed by atoms with Gasteiger partial charge < -0.3 is 19.5 Å². The third-order valence-electron chi connectivity index (χ3n) is 4.96. The van der Waals surface area contributed by atoms with Crippen molar-refractivity contribution in [2.24, 2.45) is 0 Å². The number of para-hydroxylation sites is 1. The minimum Gasteiger partial charge on any atom is -0.457 e. The van der Waals surface area contributed by atoms with E-state index in [9.17, 15) is 14.4 Å². The van der Waals surface area contributed by atoms with Crippen molar-refractivity contribution in [1.82, 2.24) is 5.16 Å². The number of allylic oxidation sites excluding steroid dienone is 1. The summed E-state index contributed by atoms with van der Waals surface area (Å²) >= 11 is 1.09. The molecule has 0 unspecified atom stereocenters. The van der Waals surface area contributed by atoms with Gasteiger partial charge in [-0.05, 0) is 18.6 Å². The van der Waals surface area contributed by atoms with Crippen LogP contribution in [0.5, 0.6) is 0 Å². The van der Waals surface area contributed by atoms with Crippen LogP contribution in [0.25, 0.3) is 0 Å². The molecule has 0 fully saturated rings. The molecule has 0 spiro atoms. The Kier molecular flexibility index (Phi) is 6.84. The van der Waals surface area contributed by atoms with Gasteiger partial charge in [0.1, 0.15) is 5.76 Å². The second-order valence-electron chi connectivity index (χ2n) is 7.72. The Morgan fingerprint density at radius 1 is 1.26 bits per heavy atom. The van der Waals surface area contributed by atoms with Crippen LogP contribution in [0.1, 0.15) is 25.2 Å². The summed E-state index contributed by atoms with van der Waals surface area (Å²) in [6.45, 7) is 5.49. The zero-order chi connectivity index (χ0) is 22.6. The molecule has 1 amide bonds. The molecule has 0 atom stereocenters. The van der Waals surface area contributed by atoms with Crippen LogP contribution >= 0.6 is 11.8 Å². The van der Waals surface area contributed by atoms with Gasteiger partial charge in [-0.1, -0.05) is 37.2 Å². The average Bonchev–Trinajstić information content (AvgIpc) is 3.21. The number of benzene rings is 1. The van der Waals surface area contributed by atoms with Crippen molar-refractivity contribution in [2.45, 2.75) is 26.2 Å². The molecule has 9 heteroatoms. The second-order valence-corrected chi connectivity index (χ2v) is 8.71. The van der Waals surface area contributed by atoms with Crippen LogP contribution in [0, 0.1) is 6.92 Å². The highest BCUT2D eigenvalue weighted by molar-refractivity contribution is 8.00. The van der Waals surface area contributed by atoms with Crippen molar-refractivity contribution >= 4 is 40.9 Å². The maximum absolute atomic E-state index is 12.4. The normalized spacial score (nSPS) is 15.6. The van der Waals surface area contributed by atoms with E-state index in [0.717, 1.165) is 28.7 Å². The Labute approximate surface area is 185 Å². The molecule has 1 aromatic heterocycles. The summed E-state index contributed by atoms with van der Waals surface area (Å²) in [6.07, 6.45) is 1.54. The fourth-order valence-electron chi connectivity index (χ4n) is 3.48. The van der Waals surface area contributed by atoms with Crippen molar-refractivity contribution < 1.29 is 23.6 Å². The molecular weight excluding hydrogens is 418 g/mol. The van der Waals surface area contributed by atoms with Crippen molar-refractivity contribution in [3.05, 3.63) is 53.4 Å². The number of nitrogens with zero attached hydrogens (tertiary/aromatic N) is 2. The zero-order valence-corrected chi connectivity index (χ0v) is 18.7. The number of likely N-dealkylation sites (N-methyl/N-ethyl adjacent to an activating group) is 1. The summed E-state index contributed by atoms with van der Waals surface area (Å²) in [5.41, 5.74) is 2.73. The van der Waals surface area contributed by atoms with Gasteiger partial charge in [0.25, 0.3) is 0 Å². The number of fused-ring (bicyclic) bond motifs is 1. The Morgan fingerprint density at radius 2 is 2.00 bits per heavy atom. The lowest BCUT2D eigenvalue weighted by Crippen LogP contribution is -2.25. The third kappa shape index (κ3) is 5.35. The van der Waals surface area contributed by atoms with E-state index in [0.29, 0.717) is 11.6 Å². The number of ketones is 1. The van der Waals surface area contributed by atoms with Crippen LogP contribution in [0.3, 0.4) is 0 Å². The number of thioether (sulfide) groups is 1. The minimum absolute atomic E-state index is 0.0358. The van der Waals surface area contributed by atoms with Crippen LogP contribution in [0.2, 0.25) is 0 Å². The number of carbonyl (C=O) groups excluding carboxylic acids is 3. The van der Waals surface area contributed by atoms with Crippen LogP contribution in [0.4, 0.5) is 11.5 Å². The highest BCUT2D eigenvalue weighted by Crippen LogP contribution is 2.46. The molecule has 2 heterocycles. The molecule has 1 aromatic carbocycles. The quantitative estimate of drug-likeness (QED) is 0.491. The first-order valence-electron chi connectivity index (χ1n) is 9.73. The van der Waals surface area contributed by atoms with E-state index in [1.54, 1.807) is 13.0 Å². The molecule has 1 aliphatic heterocycles. The second kappa shape index (κ2) is 9.38. The van der Waals surface area contributed by atoms with Crippen molar-refractivity contribution in [1.29, 1.82) is 0 Å². The number of nitrogens with one attached hydrogen (secondary N) is 1. The number of esters is 1. The lowest BCUT2D eigenvalue weighted by Gasteiger charge is -2.23. The van der Waals surface area contributed by atoms with Gasteiger partial charge in [0.05, 0.1) is 11.5 Å². The summed E-state index contributed by atoms with van der Waals surface area (Å²) in [7, 11) is 1.92. The van der Waals surface area contributed by atoms with Crippen LogP contribution in [-0.4, -0.2) is 48.0 Å². The van der Waals surface area contributed by atoms with Gasteiger partial charge in [0.2, 0.25) is 5.91 Å². The van der Waals surface area contributed by atoms with Crippen LogP contribution in [-0.2, 0) is 24.5 Å². The number of ether oxygens (including phenoxy) is 1. The van der Waals surface area contributed by atoms with E-state index < -0.39 is 5.97 Å². The highest BCUT2D eigenvalue weighted by atomic mass is 32.2. The van der Waals surface area contributed by atoms with Crippen LogP contribution < -0.4 is 10.2 Å². The molecule has 2 aromatic rings. The number of hydrogen-bond donors (Lipinski definition) is 1. The fraction of sp³-hybridized carbons (Fsp3) is 0.364. The van der Waals surface area contributed by atoms with E-state index in [1.807, 2.05) is 36.2 Å². The molecule has 8 nitrogen and oxygen atoms in total. The molecule has 31 heavy (non-hydrogen) atoms. The first-order chi connectivity index (χ1) is 14.7. The monoisotopic (exact) mass is 443 g/mol. The highest BCUT2D eigenvalue weighted by Gasteiger charge is 2.38. The minimum atomic E-state index is -0.552.